The Labute approximate surface area is 104 Å². The number of nitrogens with one attached hydrogen (secondary N) is 2. The van der Waals surface area contributed by atoms with Crippen LogP contribution in [-0.2, 0) is 0 Å². The van der Waals surface area contributed by atoms with Gasteiger partial charge in [-0.1, -0.05) is 13.3 Å². The third-order valence-electron chi connectivity index (χ3n) is 3.64. The highest BCUT2D eigenvalue weighted by atomic mass is 16.2. The molecule has 1 aliphatic heterocycles. The highest BCUT2D eigenvalue weighted by Crippen LogP contribution is 2.26. The SMILES string of the molecule is CCC1CCN(c2n[nH]c(=O)[nH]c2=O)C(CN)C1. The Hall–Kier alpha value is -1.63. The fourth-order valence-corrected chi connectivity index (χ4v) is 2.54. The first-order valence-electron chi connectivity index (χ1n) is 6.31. The van der Waals surface area contributed by atoms with Crippen molar-refractivity contribution >= 4 is 5.82 Å². The molecule has 0 radical (unpaired) electrons. The second-order valence-corrected chi connectivity index (χ2v) is 4.71. The van der Waals surface area contributed by atoms with Crippen LogP contribution in [0.5, 0.6) is 0 Å². The smallest absolute Gasteiger partial charge is 0.342 e. The first-order valence-corrected chi connectivity index (χ1v) is 6.31. The molecular formula is C11H19N5O2. The summed E-state index contributed by atoms with van der Waals surface area (Å²) in [7, 11) is 0. The zero-order valence-electron chi connectivity index (χ0n) is 10.5. The van der Waals surface area contributed by atoms with E-state index in [1.54, 1.807) is 0 Å². The monoisotopic (exact) mass is 253 g/mol. The minimum Gasteiger partial charge on any atom is -0.346 e. The Kier molecular flexibility index (Phi) is 3.81. The van der Waals surface area contributed by atoms with Gasteiger partial charge in [-0.2, -0.15) is 0 Å². The van der Waals surface area contributed by atoms with Crippen LogP contribution in [0.3, 0.4) is 0 Å². The van der Waals surface area contributed by atoms with E-state index in [-0.39, 0.29) is 11.9 Å². The highest BCUT2D eigenvalue weighted by Gasteiger charge is 2.29. The molecule has 0 aliphatic carbocycles. The fraction of sp³-hybridized carbons (Fsp3) is 0.727. The topological polar surface area (TPSA) is 108 Å². The molecule has 1 aliphatic rings. The molecule has 0 spiro atoms. The van der Waals surface area contributed by atoms with E-state index in [9.17, 15) is 9.59 Å². The van der Waals surface area contributed by atoms with Gasteiger partial charge < -0.3 is 10.6 Å². The molecule has 7 heteroatoms. The van der Waals surface area contributed by atoms with E-state index in [0.29, 0.717) is 12.5 Å². The maximum atomic E-state index is 11.7. The molecule has 0 aromatic carbocycles. The summed E-state index contributed by atoms with van der Waals surface area (Å²) in [6, 6.07) is 0.114. The van der Waals surface area contributed by atoms with Crippen LogP contribution in [0.1, 0.15) is 26.2 Å². The molecule has 2 atom stereocenters. The van der Waals surface area contributed by atoms with E-state index in [4.69, 9.17) is 5.73 Å². The summed E-state index contributed by atoms with van der Waals surface area (Å²) in [5, 5.41) is 6.10. The Morgan fingerprint density at radius 1 is 1.50 bits per heavy atom. The predicted molar refractivity (Wildman–Crippen MR) is 68.7 cm³/mol. The molecule has 2 unspecified atom stereocenters. The van der Waals surface area contributed by atoms with Crippen molar-refractivity contribution in [3.63, 3.8) is 0 Å². The Bertz CT molecular complexity index is 509. The summed E-state index contributed by atoms with van der Waals surface area (Å²) in [5.41, 5.74) is 4.74. The van der Waals surface area contributed by atoms with Gasteiger partial charge in [-0.3, -0.25) is 9.78 Å². The number of nitrogens with zero attached hydrogens (tertiary/aromatic N) is 2. The second-order valence-electron chi connectivity index (χ2n) is 4.71. The number of anilines is 1. The van der Waals surface area contributed by atoms with Crippen molar-refractivity contribution in [2.24, 2.45) is 11.7 Å². The lowest BCUT2D eigenvalue weighted by molar-refractivity contribution is 0.333. The number of aromatic amines is 2. The lowest BCUT2D eigenvalue weighted by Gasteiger charge is -2.38. The average Bonchev–Trinajstić information content (AvgIpc) is 2.38. The van der Waals surface area contributed by atoms with Crippen molar-refractivity contribution in [3.8, 4) is 0 Å². The summed E-state index contributed by atoms with van der Waals surface area (Å²) in [5.74, 6) is 0.913. The Morgan fingerprint density at radius 2 is 2.28 bits per heavy atom. The van der Waals surface area contributed by atoms with Crippen molar-refractivity contribution < 1.29 is 0 Å². The van der Waals surface area contributed by atoms with Crippen LogP contribution in [0.15, 0.2) is 9.59 Å². The number of piperidine rings is 1. The number of nitrogens with two attached hydrogens (primary N) is 1. The molecule has 0 amide bonds. The van der Waals surface area contributed by atoms with Crippen molar-refractivity contribution in [2.45, 2.75) is 32.2 Å². The Morgan fingerprint density at radius 3 is 2.89 bits per heavy atom. The summed E-state index contributed by atoms with van der Waals surface area (Å²) in [4.78, 5) is 26.8. The molecule has 1 aromatic rings. The first-order chi connectivity index (χ1) is 8.65. The van der Waals surface area contributed by atoms with Crippen LogP contribution in [0.2, 0.25) is 0 Å². The summed E-state index contributed by atoms with van der Waals surface area (Å²) in [6.45, 7) is 3.40. The molecule has 0 saturated carbocycles. The van der Waals surface area contributed by atoms with Crippen molar-refractivity contribution in [1.29, 1.82) is 0 Å². The van der Waals surface area contributed by atoms with Gasteiger partial charge in [0.1, 0.15) is 0 Å². The molecule has 2 rings (SSSR count). The minimum atomic E-state index is -0.587. The molecule has 0 bridgehead atoms. The summed E-state index contributed by atoms with van der Waals surface area (Å²) < 4.78 is 0. The van der Waals surface area contributed by atoms with Crippen LogP contribution in [0.25, 0.3) is 0 Å². The van der Waals surface area contributed by atoms with Gasteiger partial charge in [-0.15, -0.1) is 5.10 Å². The van der Waals surface area contributed by atoms with Crippen LogP contribution in [-0.4, -0.2) is 34.3 Å². The predicted octanol–water partition coefficient (Wildman–Crippen LogP) is -0.588. The zero-order valence-corrected chi connectivity index (χ0v) is 10.5. The lowest BCUT2D eigenvalue weighted by atomic mass is 9.89. The van der Waals surface area contributed by atoms with Gasteiger partial charge in [0, 0.05) is 19.1 Å². The molecule has 100 valence electrons. The highest BCUT2D eigenvalue weighted by molar-refractivity contribution is 5.36. The molecule has 1 aromatic heterocycles. The standard InChI is InChI=1S/C11H19N5O2/c1-2-7-3-4-16(8(5-7)6-12)9-10(17)13-11(18)15-14-9/h7-8H,2-6,12H2,1H3,(H2,13,15,17,18). The van der Waals surface area contributed by atoms with Gasteiger partial charge in [0.25, 0.3) is 5.56 Å². The molecule has 1 saturated heterocycles. The molecular weight excluding hydrogens is 234 g/mol. The average molecular weight is 253 g/mol. The van der Waals surface area contributed by atoms with Gasteiger partial charge in [0.05, 0.1) is 0 Å². The molecule has 7 nitrogen and oxygen atoms in total. The van der Waals surface area contributed by atoms with Gasteiger partial charge in [0.2, 0.25) is 5.82 Å². The third-order valence-corrected chi connectivity index (χ3v) is 3.64. The normalized spacial score (nSPS) is 24.2. The van der Waals surface area contributed by atoms with Crippen LogP contribution < -0.4 is 21.9 Å². The van der Waals surface area contributed by atoms with Gasteiger partial charge in [0.15, 0.2) is 0 Å². The quantitative estimate of drug-likeness (QED) is 0.667. The Balaban J connectivity index is 2.26. The summed E-state index contributed by atoms with van der Waals surface area (Å²) in [6.07, 6.45) is 3.11. The lowest BCUT2D eigenvalue weighted by Crippen LogP contribution is -2.49. The molecule has 1 fully saturated rings. The number of hydrogen-bond donors (Lipinski definition) is 3. The van der Waals surface area contributed by atoms with Crippen LogP contribution >= 0.6 is 0 Å². The summed E-state index contributed by atoms with van der Waals surface area (Å²) >= 11 is 0. The minimum absolute atomic E-state index is 0.114. The van der Waals surface area contributed by atoms with Crippen molar-refractivity contribution in [2.75, 3.05) is 18.0 Å². The largest absolute Gasteiger partial charge is 0.346 e. The zero-order chi connectivity index (χ0) is 13.1. The van der Waals surface area contributed by atoms with Crippen LogP contribution in [0, 0.1) is 5.92 Å². The maximum Gasteiger partial charge on any atom is 0.342 e. The number of hydrogen-bond acceptors (Lipinski definition) is 5. The van der Waals surface area contributed by atoms with E-state index in [1.165, 1.54) is 0 Å². The fourth-order valence-electron chi connectivity index (χ4n) is 2.54. The van der Waals surface area contributed by atoms with E-state index >= 15 is 0 Å². The maximum absolute atomic E-state index is 11.7. The van der Waals surface area contributed by atoms with E-state index < -0.39 is 11.2 Å². The third kappa shape index (κ3) is 2.45. The van der Waals surface area contributed by atoms with Gasteiger partial charge in [-0.05, 0) is 18.8 Å². The van der Waals surface area contributed by atoms with E-state index in [0.717, 1.165) is 25.8 Å². The molecule has 2 heterocycles. The number of H-pyrrole nitrogens is 2. The molecule has 18 heavy (non-hydrogen) atoms. The van der Waals surface area contributed by atoms with E-state index in [2.05, 4.69) is 22.1 Å². The number of aromatic nitrogens is 3. The van der Waals surface area contributed by atoms with Gasteiger partial charge >= 0.3 is 5.69 Å². The van der Waals surface area contributed by atoms with E-state index in [1.807, 2.05) is 4.90 Å². The second kappa shape index (κ2) is 5.34. The number of rotatable bonds is 3. The van der Waals surface area contributed by atoms with Crippen molar-refractivity contribution in [3.05, 3.63) is 20.8 Å². The van der Waals surface area contributed by atoms with Crippen LogP contribution in [0.4, 0.5) is 5.82 Å². The van der Waals surface area contributed by atoms with Crippen molar-refractivity contribution in [1.82, 2.24) is 15.2 Å². The molecule has 4 N–H and O–H groups in total. The van der Waals surface area contributed by atoms with Gasteiger partial charge in [-0.25, -0.2) is 9.89 Å². The first kappa shape index (κ1) is 12.8.